The molecule has 2 aliphatic carbocycles. The van der Waals surface area contributed by atoms with E-state index in [0.717, 1.165) is 51.4 Å². The van der Waals surface area contributed by atoms with Gasteiger partial charge in [-0.25, -0.2) is 13.1 Å². The summed E-state index contributed by atoms with van der Waals surface area (Å²) in [6.45, 7) is 0. The lowest BCUT2D eigenvalue weighted by molar-refractivity contribution is 0.0925. The van der Waals surface area contributed by atoms with Crippen molar-refractivity contribution < 1.29 is 13.2 Å². The van der Waals surface area contributed by atoms with E-state index in [1.165, 1.54) is 12.1 Å². The molecule has 0 unspecified atom stereocenters. The van der Waals surface area contributed by atoms with Gasteiger partial charge in [0, 0.05) is 23.7 Å². The molecule has 1 aromatic rings. The molecule has 8 heteroatoms. The van der Waals surface area contributed by atoms with Crippen LogP contribution in [-0.2, 0) is 10.0 Å². The minimum absolute atomic E-state index is 0. The van der Waals surface area contributed by atoms with Gasteiger partial charge in [0.1, 0.15) is 0 Å². The summed E-state index contributed by atoms with van der Waals surface area (Å²) in [5.74, 6) is -0.224. The molecule has 4 N–H and O–H groups in total. The molecule has 2 fully saturated rings. The third kappa shape index (κ3) is 5.42. The first-order valence-electron chi connectivity index (χ1n) is 9.13. The van der Waals surface area contributed by atoms with E-state index in [1.54, 1.807) is 12.1 Å². The van der Waals surface area contributed by atoms with Crippen molar-refractivity contribution in [2.45, 2.75) is 74.4 Å². The van der Waals surface area contributed by atoms with Gasteiger partial charge in [0.2, 0.25) is 10.0 Å². The fourth-order valence-corrected chi connectivity index (χ4v) is 5.02. The van der Waals surface area contributed by atoms with Gasteiger partial charge in [-0.05, 0) is 56.7 Å². The lowest BCUT2D eigenvalue weighted by atomic mass is 9.91. The summed E-state index contributed by atoms with van der Waals surface area (Å²) in [4.78, 5) is 12.6. The van der Waals surface area contributed by atoms with Crippen molar-refractivity contribution >= 4 is 28.3 Å². The summed E-state index contributed by atoms with van der Waals surface area (Å²) in [6, 6.07) is 6.61. The third-order valence-electron chi connectivity index (χ3n) is 5.19. The van der Waals surface area contributed by atoms with Crippen molar-refractivity contribution in [3.63, 3.8) is 0 Å². The molecule has 0 heterocycles. The van der Waals surface area contributed by atoms with Gasteiger partial charge in [-0.1, -0.05) is 18.9 Å². The number of hydrogen-bond acceptors (Lipinski definition) is 4. The number of carbonyl (C=O) groups is 1. The van der Waals surface area contributed by atoms with Crippen LogP contribution in [0.5, 0.6) is 0 Å². The van der Waals surface area contributed by atoms with Crippen LogP contribution in [0.4, 0.5) is 0 Å². The zero-order valence-corrected chi connectivity index (χ0v) is 16.4. The summed E-state index contributed by atoms with van der Waals surface area (Å²) in [6.07, 6.45) is 7.42. The Labute approximate surface area is 161 Å². The average molecular weight is 402 g/mol. The van der Waals surface area contributed by atoms with E-state index in [4.69, 9.17) is 5.73 Å². The number of hydrogen-bond donors (Lipinski definition) is 3. The van der Waals surface area contributed by atoms with E-state index in [-0.39, 0.29) is 41.3 Å². The standard InChI is InChI=1S/C18H27N3O3S.ClH/c19-14-8-10-15(11-9-14)20-18(22)13-4-3-7-17(12-13)25(23,24)21-16-5-1-2-6-16;/h3-4,7,12,14-16,21H,1-2,5-6,8-11,19H2,(H,20,22);1H. The molecule has 0 spiro atoms. The maximum atomic E-state index is 12.5. The normalized spacial score (nSPS) is 24.0. The second kappa shape index (κ2) is 9.17. The zero-order chi connectivity index (χ0) is 17.9. The minimum Gasteiger partial charge on any atom is -0.349 e. The number of sulfonamides is 1. The molecule has 0 saturated heterocycles. The second-order valence-corrected chi connectivity index (χ2v) is 8.93. The largest absolute Gasteiger partial charge is 0.349 e. The lowest BCUT2D eigenvalue weighted by Crippen LogP contribution is -2.40. The van der Waals surface area contributed by atoms with Crippen LogP contribution < -0.4 is 15.8 Å². The second-order valence-electron chi connectivity index (χ2n) is 7.22. The zero-order valence-electron chi connectivity index (χ0n) is 14.8. The van der Waals surface area contributed by atoms with E-state index in [2.05, 4.69) is 10.0 Å². The Morgan fingerprint density at radius 3 is 2.31 bits per heavy atom. The van der Waals surface area contributed by atoms with Gasteiger partial charge in [-0.3, -0.25) is 4.79 Å². The fraction of sp³-hybridized carbons (Fsp3) is 0.611. The molecule has 0 bridgehead atoms. The molecular weight excluding hydrogens is 374 g/mol. The molecule has 3 rings (SSSR count). The van der Waals surface area contributed by atoms with Crippen molar-refractivity contribution in [3.8, 4) is 0 Å². The molecular formula is C18H28ClN3O3S. The summed E-state index contributed by atoms with van der Waals surface area (Å²) in [5.41, 5.74) is 6.27. The SMILES string of the molecule is Cl.NC1CCC(NC(=O)c2cccc(S(=O)(=O)NC3CCCC3)c2)CC1. The Morgan fingerprint density at radius 1 is 1.00 bits per heavy atom. The Hall–Kier alpha value is -1.15. The highest BCUT2D eigenvalue weighted by Crippen LogP contribution is 2.21. The van der Waals surface area contributed by atoms with Crippen LogP contribution in [0, 0.1) is 0 Å². The van der Waals surface area contributed by atoms with Crippen molar-refractivity contribution in [1.82, 2.24) is 10.0 Å². The van der Waals surface area contributed by atoms with Crippen LogP contribution >= 0.6 is 12.4 Å². The van der Waals surface area contributed by atoms with Crippen molar-refractivity contribution in [2.24, 2.45) is 5.73 Å². The molecule has 1 aromatic carbocycles. The van der Waals surface area contributed by atoms with Crippen molar-refractivity contribution in [2.75, 3.05) is 0 Å². The summed E-state index contributed by atoms with van der Waals surface area (Å²) >= 11 is 0. The Bertz CT molecular complexity index is 712. The predicted octanol–water partition coefficient (Wildman–Crippen LogP) is 2.33. The highest BCUT2D eigenvalue weighted by atomic mass is 35.5. The molecule has 0 radical (unpaired) electrons. The molecule has 1 amide bonds. The lowest BCUT2D eigenvalue weighted by Gasteiger charge is -2.26. The molecule has 0 aromatic heterocycles. The number of rotatable bonds is 5. The maximum Gasteiger partial charge on any atom is 0.251 e. The average Bonchev–Trinajstić information content (AvgIpc) is 3.09. The summed E-state index contributed by atoms with van der Waals surface area (Å²) < 4.78 is 27.8. The molecule has 0 aliphatic heterocycles. The summed E-state index contributed by atoms with van der Waals surface area (Å²) in [5, 5.41) is 3.00. The predicted molar refractivity (Wildman–Crippen MR) is 104 cm³/mol. The smallest absolute Gasteiger partial charge is 0.251 e. The first-order chi connectivity index (χ1) is 11.9. The number of nitrogens with one attached hydrogen (secondary N) is 2. The Balaban J connectivity index is 0.00000243. The first-order valence-corrected chi connectivity index (χ1v) is 10.6. The van der Waals surface area contributed by atoms with Crippen LogP contribution in [-0.4, -0.2) is 32.5 Å². The first kappa shape index (κ1) is 21.2. The van der Waals surface area contributed by atoms with E-state index >= 15 is 0 Å². The van der Waals surface area contributed by atoms with E-state index < -0.39 is 10.0 Å². The highest BCUT2D eigenvalue weighted by Gasteiger charge is 2.24. The molecule has 146 valence electrons. The number of halogens is 1. The minimum atomic E-state index is -3.59. The van der Waals surface area contributed by atoms with Gasteiger partial charge < -0.3 is 11.1 Å². The van der Waals surface area contributed by atoms with Gasteiger partial charge in [-0.15, -0.1) is 12.4 Å². The number of carbonyl (C=O) groups excluding carboxylic acids is 1. The van der Waals surface area contributed by atoms with Gasteiger partial charge >= 0.3 is 0 Å². The molecule has 2 aliphatic rings. The molecule has 26 heavy (non-hydrogen) atoms. The van der Waals surface area contributed by atoms with E-state index in [9.17, 15) is 13.2 Å². The monoisotopic (exact) mass is 401 g/mol. The Kier molecular flexibility index (Phi) is 7.46. The van der Waals surface area contributed by atoms with E-state index in [1.807, 2.05) is 0 Å². The number of nitrogens with two attached hydrogens (primary N) is 1. The highest BCUT2D eigenvalue weighted by molar-refractivity contribution is 7.89. The van der Waals surface area contributed by atoms with Crippen LogP contribution in [0.15, 0.2) is 29.2 Å². The van der Waals surface area contributed by atoms with Gasteiger partial charge in [0.15, 0.2) is 0 Å². The topological polar surface area (TPSA) is 101 Å². The third-order valence-corrected chi connectivity index (χ3v) is 6.71. The quantitative estimate of drug-likeness (QED) is 0.704. The number of benzene rings is 1. The molecule has 2 saturated carbocycles. The Morgan fingerprint density at radius 2 is 1.65 bits per heavy atom. The van der Waals surface area contributed by atoms with Gasteiger partial charge in [0.25, 0.3) is 5.91 Å². The molecule has 0 atom stereocenters. The van der Waals surface area contributed by atoms with Crippen LogP contribution in [0.2, 0.25) is 0 Å². The maximum absolute atomic E-state index is 12.5. The molecule has 6 nitrogen and oxygen atoms in total. The van der Waals surface area contributed by atoms with Gasteiger partial charge in [-0.2, -0.15) is 0 Å². The van der Waals surface area contributed by atoms with Crippen molar-refractivity contribution in [3.05, 3.63) is 29.8 Å². The van der Waals surface area contributed by atoms with Crippen LogP contribution in [0.25, 0.3) is 0 Å². The van der Waals surface area contributed by atoms with Crippen molar-refractivity contribution in [1.29, 1.82) is 0 Å². The number of amides is 1. The fourth-order valence-electron chi connectivity index (χ4n) is 3.67. The van der Waals surface area contributed by atoms with Gasteiger partial charge in [0.05, 0.1) is 4.90 Å². The summed E-state index contributed by atoms with van der Waals surface area (Å²) in [7, 11) is -3.59. The van der Waals surface area contributed by atoms with Crippen LogP contribution in [0.1, 0.15) is 61.7 Å². The van der Waals surface area contributed by atoms with E-state index in [0.29, 0.717) is 5.56 Å². The van der Waals surface area contributed by atoms with Crippen LogP contribution in [0.3, 0.4) is 0 Å².